The quantitative estimate of drug-likeness (QED) is 0.506. The second-order valence-electron chi connectivity index (χ2n) is 4.47. The summed E-state index contributed by atoms with van der Waals surface area (Å²) in [5, 5.41) is 4.31. The summed E-state index contributed by atoms with van der Waals surface area (Å²) in [5.74, 6) is 0. The third kappa shape index (κ3) is 3.90. The highest BCUT2D eigenvalue weighted by Crippen LogP contribution is 2.32. The minimum Gasteiger partial charge on any atom is -0.106 e. The topological polar surface area (TPSA) is 0 Å². The molecule has 0 N–H and O–H groups in total. The molecule has 0 aliphatic rings. The Morgan fingerprint density at radius 1 is 0.429 bits per heavy atom. The Balaban J connectivity index is 0.000000774. The normalized spacial score (nSPS) is 9.76. The van der Waals surface area contributed by atoms with Crippen molar-refractivity contribution in [2.24, 2.45) is 0 Å². The zero-order valence-corrected chi connectivity index (χ0v) is 13.1. The van der Waals surface area contributed by atoms with Gasteiger partial charge in [0.05, 0.1) is 7.92 Å². The van der Waals surface area contributed by atoms with E-state index < -0.39 is 7.92 Å². The molecule has 0 nitrogen and oxygen atoms in total. The molecule has 0 aromatic heterocycles. The van der Waals surface area contributed by atoms with Gasteiger partial charge in [0.25, 0.3) is 0 Å². The van der Waals surface area contributed by atoms with Crippen molar-refractivity contribution in [2.75, 3.05) is 0 Å². The molecule has 0 bridgehead atoms. The van der Waals surface area contributed by atoms with Gasteiger partial charge in [0, 0.05) is 0 Å². The molecule has 3 aromatic carbocycles. The summed E-state index contributed by atoms with van der Waals surface area (Å²) in [6, 6.07) is 32.5. The molecule has 21 heavy (non-hydrogen) atoms. The van der Waals surface area contributed by atoms with Gasteiger partial charge < -0.3 is 0 Å². The van der Waals surface area contributed by atoms with E-state index in [4.69, 9.17) is 0 Å². The Morgan fingerprint density at radius 3 is 0.905 bits per heavy atom. The summed E-state index contributed by atoms with van der Waals surface area (Å²) in [4.78, 5) is 0. The van der Waals surface area contributed by atoms with Crippen molar-refractivity contribution in [3.8, 4) is 0 Å². The van der Waals surface area contributed by atoms with E-state index in [-0.39, 0.29) is 0 Å². The SMILES string of the molecule is C=C.c1ccc([PH+](c2ccccc2)c2ccccc2)cc1. The largest absolute Gasteiger partial charge is 0.106 e. The molecule has 104 valence electrons. The minimum atomic E-state index is -0.877. The van der Waals surface area contributed by atoms with Crippen LogP contribution in [0.3, 0.4) is 0 Å². The van der Waals surface area contributed by atoms with Crippen LogP contribution in [-0.2, 0) is 0 Å². The van der Waals surface area contributed by atoms with Gasteiger partial charge in [0.1, 0.15) is 15.9 Å². The maximum absolute atomic E-state index is 3.00. The zero-order valence-electron chi connectivity index (χ0n) is 12.1. The van der Waals surface area contributed by atoms with Crippen molar-refractivity contribution in [3.63, 3.8) is 0 Å². The van der Waals surface area contributed by atoms with E-state index in [1.165, 1.54) is 15.9 Å². The molecule has 0 saturated carbocycles. The summed E-state index contributed by atoms with van der Waals surface area (Å²) in [7, 11) is -0.877. The summed E-state index contributed by atoms with van der Waals surface area (Å²) >= 11 is 0. The van der Waals surface area contributed by atoms with Crippen LogP contribution >= 0.6 is 7.92 Å². The summed E-state index contributed by atoms with van der Waals surface area (Å²) in [6.45, 7) is 6.00. The first kappa shape index (κ1) is 15.2. The predicted molar refractivity (Wildman–Crippen MR) is 97.8 cm³/mol. The van der Waals surface area contributed by atoms with Crippen molar-refractivity contribution >= 4 is 23.8 Å². The predicted octanol–water partition coefficient (Wildman–Crippen LogP) is 3.98. The number of hydrogen-bond donors (Lipinski definition) is 0. The first-order valence-electron chi connectivity index (χ1n) is 6.98. The van der Waals surface area contributed by atoms with E-state index in [2.05, 4.69) is 104 Å². The molecule has 0 aliphatic carbocycles. The maximum atomic E-state index is 3.00. The third-order valence-electron chi connectivity index (χ3n) is 3.19. The van der Waals surface area contributed by atoms with E-state index in [0.717, 1.165) is 0 Å². The van der Waals surface area contributed by atoms with Crippen molar-refractivity contribution in [3.05, 3.63) is 104 Å². The van der Waals surface area contributed by atoms with Crippen molar-refractivity contribution in [1.82, 2.24) is 0 Å². The Hall–Kier alpha value is -2.17. The fourth-order valence-electron chi connectivity index (χ4n) is 2.31. The van der Waals surface area contributed by atoms with Crippen LogP contribution in [0.5, 0.6) is 0 Å². The zero-order chi connectivity index (χ0) is 14.9. The lowest BCUT2D eigenvalue weighted by Gasteiger charge is -2.10. The Kier molecular flexibility index (Phi) is 5.94. The van der Waals surface area contributed by atoms with Gasteiger partial charge in [-0.05, 0) is 36.4 Å². The molecule has 0 unspecified atom stereocenters. The number of benzene rings is 3. The molecule has 1 heteroatoms. The van der Waals surface area contributed by atoms with Gasteiger partial charge in [0.2, 0.25) is 0 Å². The van der Waals surface area contributed by atoms with Gasteiger partial charge in [0.15, 0.2) is 0 Å². The standard InChI is InChI=1S/C18H15P.C2H4/c1-4-10-16(11-5-1)19(17-12-6-2-7-13-17)18-14-8-3-9-15-18;1-2/h1-15H;1-2H2/p+1. The molecule has 0 aliphatic heterocycles. The van der Waals surface area contributed by atoms with Gasteiger partial charge in [-0.15, -0.1) is 13.2 Å². The fraction of sp³-hybridized carbons (Fsp3) is 0. The monoisotopic (exact) mass is 291 g/mol. The summed E-state index contributed by atoms with van der Waals surface area (Å²) in [6.07, 6.45) is 0. The second-order valence-corrected chi connectivity index (χ2v) is 6.96. The van der Waals surface area contributed by atoms with Crippen LogP contribution in [0.15, 0.2) is 104 Å². The van der Waals surface area contributed by atoms with Gasteiger partial charge >= 0.3 is 0 Å². The highest BCUT2D eigenvalue weighted by Gasteiger charge is 2.24. The van der Waals surface area contributed by atoms with Gasteiger partial charge in [-0.1, -0.05) is 54.6 Å². The van der Waals surface area contributed by atoms with E-state index in [9.17, 15) is 0 Å². The van der Waals surface area contributed by atoms with E-state index >= 15 is 0 Å². The lowest BCUT2D eigenvalue weighted by atomic mass is 10.4. The van der Waals surface area contributed by atoms with Crippen LogP contribution in [0.4, 0.5) is 0 Å². The highest BCUT2D eigenvalue weighted by molar-refractivity contribution is 7.79. The van der Waals surface area contributed by atoms with Crippen LogP contribution < -0.4 is 15.9 Å². The molecule has 0 spiro atoms. The van der Waals surface area contributed by atoms with E-state index in [1.54, 1.807) is 0 Å². The van der Waals surface area contributed by atoms with Gasteiger partial charge in [-0.2, -0.15) is 0 Å². The van der Waals surface area contributed by atoms with Crippen molar-refractivity contribution < 1.29 is 0 Å². The van der Waals surface area contributed by atoms with Crippen LogP contribution in [0.25, 0.3) is 0 Å². The average Bonchev–Trinajstić information content (AvgIpc) is 2.60. The fourth-order valence-corrected chi connectivity index (χ4v) is 4.89. The van der Waals surface area contributed by atoms with Gasteiger partial charge in [-0.25, -0.2) is 0 Å². The summed E-state index contributed by atoms with van der Waals surface area (Å²) in [5.41, 5.74) is 0. The Bertz CT molecular complexity index is 539. The minimum absolute atomic E-state index is 0.877. The second kappa shape index (κ2) is 8.19. The molecule has 3 aromatic rings. The van der Waals surface area contributed by atoms with E-state index in [1.807, 2.05) is 0 Å². The Morgan fingerprint density at radius 2 is 0.667 bits per heavy atom. The molecular weight excluding hydrogens is 271 g/mol. The molecule has 0 radical (unpaired) electrons. The Labute approximate surface area is 128 Å². The molecule has 0 atom stereocenters. The first-order valence-corrected chi connectivity index (χ1v) is 8.48. The number of rotatable bonds is 3. The lowest BCUT2D eigenvalue weighted by molar-refractivity contribution is 1.74. The van der Waals surface area contributed by atoms with Crippen LogP contribution in [0.2, 0.25) is 0 Å². The van der Waals surface area contributed by atoms with Crippen molar-refractivity contribution in [2.45, 2.75) is 0 Å². The molecule has 0 saturated heterocycles. The van der Waals surface area contributed by atoms with Crippen molar-refractivity contribution in [1.29, 1.82) is 0 Å². The highest BCUT2D eigenvalue weighted by atomic mass is 31.1. The first-order chi connectivity index (χ1) is 10.4. The average molecular weight is 291 g/mol. The van der Waals surface area contributed by atoms with Gasteiger partial charge in [-0.3, -0.25) is 0 Å². The molecule has 3 rings (SSSR count). The van der Waals surface area contributed by atoms with Crippen LogP contribution in [0.1, 0.15) is 0 Å². The smallest absolute Gasteiger partial charge is 0.102 e. The van der Waals surface area contributed by atoms with E-state index in [0.29, 0.717) is 0 Å². The molecule has 0 amide bonds. The molecular formula is C20H20P+. The molecule has 0 fully saturated rings. The van der Waals surface area contributed by atoms with Crippen LogP contribution in [0, 0.1) is 0 Å². The molecule has 0 heterocycles. The maximum Gasteiger partial charge on any atom is 0.102 e. The van der Waals surface area contributed by atoms with Crippen LogP contribution in [-0.4, -0.2) is 0 Å². The summed E-state index contributed by atoms with van der Waals surface area (Å²) < 4.78 is 0. The third-order valence-corrected chi connectivity index (χ3v) is 5.92. The number of hydrogen-bond acceptors (Lipinski definition) is 0. The lowest BCUT2D eigenvalue weighted by Crippen LogP contribution is -2.20.